The van der Waals surface area contributed by atoms with Gasteiger partial charge in [0.05, 0.1) is 5.92 Å². The number of nitrogens with zero attached hydrogens (tertiary/aromatic N) is 1. The van der Waals surface area contributed by atoms with Crippen LogP contribution in [-0.2, 0) is 17.8 Å². The maximum Gasteiger partial charge on any atom is 0.306 e. The van der Waals surface area contributed by atoms with Gasteiger partial charge in [0.2, 0.25) is 0 Å². The highest BCUT2D eigenvalue weighted by molar-refractivity contribution is 5.92. The molecular formula is C19H28N2O4. The SMILES string of the molecule is CCc1oc(C(=O)NC2CCC(C(=O)O)CC2)cc1CN1CCCC1. The van der Waals surface area contributed by atoms with Crippen LogP contribution in [0.5, 0.6) is 0 Å². The number of nitrogens with one attached hydrogen (secondary N) is 1. The highest BCUT2D eigenvalue weighted by atomic mass is 16.4. The number of carbonyl (C=O) groups excluding carboxylic acids is 1. The van der Waals surface area contributed by atoms with Crippen LogP contribution in [0.4, 0.5) is 0 Å². The van der Waals surface area contributed by atoms with Gasteiger partial charge in [-0.2, -0.15) is 0 Å². The normalized spacial score (nSPS) is 24.4. The first-order chi connectivity index (χ1) is 12.1. The Morgan fingerprint density at radius 1 is 1.24 bits per heavy atom. The summed E-state index contributed by atoms with van der Waals surface area (Å²) in [7, 11) is 0. The first-order valence-corrected chi connectivity index (χ1v) is 9.44. The largest absolute Gasteiger partial charge is 0.481 e. The van der Waals surface area contributed by atoms with Crippen molar-refractivity contribution in [3.8, 4) is 0 Å². The van der Waals surface area contributed by atoms with Gasteiger partial charge in [0.15, 0.2) is 5.76 Å². The quantitative estimate of drug-likeness (QED) is 0.826. The third-order valence-electron chi connectivity index (χ3n) is 5.45. The van der Waals surface area contributed by atoms with Crippen LogP contribution in [0.15, 0.2) is 10.5 Å². The van der Waals surface area contributed by atoms with E-state index in [4.69, 9.17) is 9.52 Å². The van der Waals surface area contributed by atoms with E-state index in [1.54, 1.807) is 0 Å². The molecule has 0 radical (unpaired) electrons. The third-order valence-corrected chi connectivity index (χ3v) is 5.45. The fourth-order valence-electron chi connectivity index (χ4n) is 3.93. The van der Waals surface area contributed by atoms with E-state index < -0.39 is 5.97 Å². The van der Waals surface area contributed by atoms with E-state index in [2.05, 4.69) is 10.2 Å². The lowest BCUT2D eigenvalue weighted by Gasteiger charge is -2.26. The molecule has 2 aliphatic rings. The zero-order chi connectivity index (χ0) is 17.8. The van der Waals surface area contributed by atoms with Gasteiger partial charge < -0.3 is 14.8 Å². The van der Waals surface area contributed by atoms with Gasteiger partial charge in [0.1, 0.15) is 5.76 Å². The molecule has 2 N–H and O–H groups in total. The number of aliphatic carboxylic acids is 1. The molecule has 1 amide bonds. The molecule has 1 saturated heterocycles. The Kier molecular flexibility index (Phi) is 5.78. The summed E-state index contributed by atoms with van der Waals surface area (Å²) in [6.45, 7) is 5.12. The molecule has 0 aromatic carbocycles. The van der Waals surface area contributed by atoms with E-state index >= 15 is 0 Å². The Labute approximate surface area is 148 Å². The van der Waals surface area contributed by atoms with Crippen LogP contribution >= 0.6 is 0 Å². The zero-order valence-electron chi connectivity index (χ0n) is 14.9. The van der Waals surface area contributed by atoms with E-state index in [0.29, 0.717) is 31.4 Å². The number of furan rings is 1. The number of carboxylic acid groups (broad SMARTS) is 1. The van der Waals surface area contributed by atoms with E-state index in [1.165, 1.54) is 12.8 Å². The molecule has 6 nitrogen and oxygen atoms in total. The summed E-state index contributed by atoms with van der Waals surface area (Å²) in [5.74, 6) is 0.102. The van der Waals surface area contributed by atoms with Crippen molar-refractivity contribution < 1.29 is 19.1 Å². The van der Waals surface area contributed by atoms with E-state index in [9.17, 15) is 9.59 Å². The molecule has 1 aromatic rings. The summed E-state index contributed by atoms with van der Waals surface area (Å²) in [6, 6.07) is 1.93. The topological polar surface area (TPSA) is 82.8 Å². The number of carbonyl (C=O) groups is 2. The molecule has 0 atom stereocenters. The highest BCUT2D eigenvalue weighted by Crippen LogP contribution is 2.25. The van der Waals surface area contributed by atoms with Crippen LogP contribution < -0.4 is 5.32 Å². The highest BCUT2D eigenvalue weighted by Gasteiger charge is 2.28. The fourth-order valence-corrected chi connectivity index (χ4v) is 3.93. The molecule has 25 heavy (non-hydrogen) atoms. The van der Waals surface area contributed by atoms with Gasteiger partial charge in [0, 0.05) is 24.6 Å². The smallest absolute Gasteiger partial charge is 0.306 e. The lowest BCUT2D eigenvalue weighted by molar-refractivity contribution is -0.142. The summed E-state index contributed by atoms with van der Waals surface area (Å²) in [5, 5.41) is 12.1. The monoisotopic (exact) mass is 348 g/mol. The van der Waals surface area contributed by atoms with Crippen LogP contribution in [0, 0.1) is 5.92 Å². The number of rotatable bonds is 6. The summed E-state index contributed by atoms with van der Waals surface area (Å²) >= 11 is 0. The second kappa shape index (κ2) is 8.04. The van der Waals surface area contributed by atoms with E-state index in [1.807, 2.05) is 13.0 Å². The number of aryl methyl sites for hydroxylation is 1. The molecule has 1 aliphatic heterocycles. The molecule has 0 spiro atoms. The Balaban J connectivity index is 1.58. The standard InChI is InChI=1S/C19H28N2O4/c1-2-16-14(12-21-9-3-4-10-21)11-17(25-16)18(22)20-15-7-5-13(6-8-15)19(23)24/h11,13,15H,2-10,12H2,1H3,(H,20,22)(H,23,24). The summed E-state index contributed by atoms with van der Waals surface area (Å²) < 4.78 is 5.80. The van der Waals surface area contributed by atoms with E-state index in [0.717, 1.165) is 37.4 Å². The Morgan fingerprint density at radius 3 is 2.52 bits per heavy atom. The maximum atomic E-state index is 12.5. The van der Waals surface area contributed by atoms with Crippen molar-refractivity contribution in [2.24, 2.45) is 5.92 Å². The molecule has 3 rings (SSSR count). The predicted molar refractivity (Wildman–Crippen MR) is 93.4 cm³/mol. The first kappa shape index (κ1) is 18.0. The molecular weight excluding hydrogens is 320 g/mol. The fraction of sp³-hybridized carbons (Fsp3) is 0.684. The minimum Gasteiger partial charge on any atom is -0.481 e. The minimum atomic E-state index is -0.727. The lowest BCUT2D eigenvalue weighted by atomic mass is 9.86. The maximum absolute atomic E-state index is 12.5. The molecule has 138 valence electrons. The summed E-state index contributed by atoms with van der Waals surface area (Å²) in [4.78, 5) is 25.9. The molecule has 2 heterocycles. The molecule has 0 bridgehead atoms. The van der Waals surface area contributed by atoms with Gasteiger partial charge in [0.25, 0.3) is 5.91 Å². The van der Waals surface area contributed by atoms with Crippen LogP contribution in [0.25, 0.3) is 0 Å². The van der Waals surface area contributed by atoms with Crippen molar-refractivity contribution in [3.63, 3.8) is 0 Å². The van der Waals surface area contributed by atoms with Crippen LogP contribution in [0.1, 0.15) is 67.3 Å². The van der Waals surface area contributed by atoms with Gasteiger partial charge in [-0.05, 0) is 57.7 Å². The molecule has 6 heteroatoms. The summed E-state index contributed by atoms with van der Waals surface area (Å²) in [5.41, 5.74) is 1.11. The molecule has 1 saturated carbocycles. The number of amides is 1. The van der Waals surface area contributed by atoms with Gasteiger partial charge in [-0.15, -0.1) is 0 Å². The van der Waals surface area contributed by atoms with Crippen molar-refractivity contribution in [3.05, 3.63) is 23.2 Å². The minimum absolute atomic E-state index is 0.0420. The average molecular weight is 348 g/mol. The van der Waals surface area contributed by atoms with Gasteiger partial charge in [-0.25, -0.2) is 0 Å². The Morgan fingerprint density at radius 2 is 1.92 bits per heavy atom. The third kappa shape index (κ3) is 4.42. The van der Waals surface area contributed by atoms with Crippen molar-refractivity contribution in [1.82, 2.24) is 10.2 Å². The second-order valence-electron chi connectivity index (χ2n) is 7.26. The van der Waals surface area contributed by atoms with Crippen LogP contribution in [-0.4, -0.2) is 41.0 Å². The molecule has 1 aromatic heterocycles. The van der Waals surface area contributed by atoms with Gasteiger partial charge in [-0.3, -0.25) is 14.5 Å². The first-order valence-electron chi connectivity index (χ1n) is 9.44. The number of hydrogen-bond acceptors (Lipinski definition) is 4. The number of carboxylic acids is 1. The predicted octanol–water partition coefficient (Wildman–Crippen LogP) is 2.81. The van der Waals surface area contributed by atoms with E-state index in [-0.39, 0.29) is 17.9 Å². The van der Waals surface area contributed by atoms with Gasteiger partial charge in [-0.1, -0.05) is 6.92 Å². The van der Waals surface area contributed by atoms with Crippen molar-refractivity contribution in [1.29, 1.82) is 0 Å². The molecule has 1 aliphatic carbocycles. The Bertz CT molecular complexity index is 611. The Hall–Kier alpha value is -1.82. The van der Waals surface area contributed by atoms with Gasteiger partial charge >= 0.3 is 5.97 Å². The molecule has 2 fully saturated rings. The van der Waals surface area contributed by atoms with Crippen molar-refractivity contribution in [2.75, 3.05) is 13.1 Å². The number of hydrogen-bond donors (Lipinski definition) is 2. The lowest BCUT2D eigenvalue weighted by Crippen LogP contribution is -2.38. The van der Waals surface area contributed by atoms with Crippen LogP contribution in [0.2, 0.25) is 0 Å². The van der Waals surface area contributed by atoms with Crippen molar-refractivity contribution >= 4 is 11.9 Å². The number of likely N-dealkylation sites (tertiary alicyclic amines) is 1. The second-order valence-corrected chi connectivity index (χ2v) is 7.26. The van der Waals surface area contributed by atoms with Crippen molar-refractivity contribution in [2.45, 2.75) is 64.5 Å². The molecule has 0 unspecified atom stereocenters. The zero-order valence-corrected chi connectivity index (χ0v) is 14.9. The average Bonchev–Trinajstić information content (AvgIpc) is 3.25. The van der Waals surface area contributed by atoms with Crippen LogP contribution in [0.3, 0.4) is 0 Å². The summed E-state index contributed by atoms with van der Waals surface area (Å²) in [6.07, 6.45) is 5.94.